The number of rotatable bonds is 10. The van der Waals surface area contributed by atoms with E-state index in [2.05, 4.69) is 60.5 Å². The maximum Gasteiger partial charge on any atom is 0.191 e. The van der Waals surface area contributed by atoms with Crippen LogP contribution in [0.2, 0.25) is 0 Å². The normalized spacial score (nSPS) is 15.8. The van der Waals surface area contributed by atoms with Gasteiger partial charge in [0.15, 0.2) is 5.96 Å². The Morgan fingerprint density at radius 3 is 2.66 bits per heavy atom. The molecule has 2 N–H and O–H groups in total. The Hall–Kier alpha value is -1.06. The molecule has 166 valence electrons. The first-order chi connectivity index (χ1) is 13.6. The molecule has 7 heteroatoms. The molecule has 1 heterocycles. The van der Waals surface area contributed by atoms with Gasteiger partial charge in [0.05, 0.1) is 6.54 Å². The third-order valence-corrected chi connectivity index (χ3v) is 4.94. The zero-order valence-corrected chi connectivity index (χ0v) is 20.9. The SMILES string of the molecule is CCCN1CCC(NC(=NCc2cccc(OCCN(C)C)c2)NCC)CC1.I. The molecule has 0 unspecified atom stereocenters. The lowest BCUT2D eigenvalue weighted by Gasteiger charge is -2.32. The highest BCUT2D eigenvalue weighted by molar-refractivity contribution is 14.0. The minimum absolute atomic E-state index is 0. The van der Waals surface area contributed by atoms with Gasteiger partial charge in [-0.2, -0.15) is 0 Å². The number of halogens is 1. The van der Waals surface area contributed by atoms with Crippen molar-refractivity contribution in [2.75, 3.05) is 53.4 Å². The van der Waals surface area contributed by atoms with Crippen LogP contribution >= 0.6 is 24.0 Å². The Morgan fingerprint density at radius 2 is 2.00 bits per heavy atom. The van der Waals surface area contributed by atoms with E-state index in [0.717, 1.165) is 30.4 Å². The molecule has 0 radical (unpaired) electrons. The van der Waals surface area contributed by atoms with E-state index in [1.807, 2.05) is 12.1 Å². The third-order valence-electron chi connectivity index (χ3n) is 4.94. The van der Waals surface area contributed by atoms with Gasteiger partial charge in [0.1, 0.15) is 12.4 Å². The summed E-state index contributed by atoms with van der Waals surface area (Å²) in [6.45, 7) is 11.1. The predicted molar refractivity (Wildman–Crippen MR) is 134 cm³/mol. The monoisotopic (exact) mass is 517 g/mol. The van der Waals surface area contributed by atoms with Crippen LogP contribution in [0.4, 0.5) is 0 Å². The van der Waals surface area contributed by atoms with Crippen molar-refractivity contribution in [1.29, 1.82) is 0 Å². The molecular formula is C22H40IN5O. The number of aliphatic imine (C=N–C) groups is 1. The Kier molecular flexibility index (Phi) is 13.3. The summed E-state index contributed by atoms with van der Waals surface area (Å²) in [7, 11) is 4.11. The summed E-state index contributed by atoms with van der Waals surface area (Å²) < 4.78 is 5.84. The fraction of sp³-hybridized carbons (Fsp3) is 0.682. The number of nitrogens with zero attached hydrogens (tertiary/aromatic N) is 3. The van der Waals surface area contributed by atoms with E-state index in [9.17, 15) is 0 Å². The molecule has 1 aliphatic heterocycles. The molecule has 29 heavy (non-hydrogen) atoms. The van der Waals surface area contributed by atoms with Gasteiger partial charge in [0.25, 0.3) is 0 Å². The van der Waals surface area contributed by atoms with Crippen molar-refractivity contribution in [1.82, 2.24) is 20.4 Å². The Morgan fingerprint density at radius 1 is 1.24 bits per heavy atom. The molecule has 0 saturated carbocycles. The second-order valence-electron chi connectivity index (χ2n) is 7.75. The van der Waals surface area contributed by atoms with Gasteiger partial charge in [-0.1, -0.05) is 19.1 Å². The molecule has 0 aliphatic carbocycles. The number of benzene rings is 1. The fourth-order valence-electron chi connectivity index (χ4n) is 3.38. The second kappa shape index (κ2) is 14.8. The average Bonchev–Trinajstić information content (AvgIpc) is 2.68. The molecular weight excluding hydrogens is 477 g/mol. The summed E-state index contributed by atoms with van der Waals surface area (Å²) in [4.78, 5) is 9.48. The van der Waals surface area contributed by atoms with Crippen LogP contribution in [0.5, 0.6) is 5.75 Å². The lowest BCUT2D eigenvalue weighted by atomic mass is 10.1. The molecule has 2 rings (SSSR count). The highest BCUT2D eigenvalue weighted by Crippen LogP contribution is 2.14. The number of guanidine groups is 1. The smallest absolute Gasteiger partial charge is 0.191 e. The molecule has 1 aliphatic rings. The van der Waals surface area contributed by atoms with Crippen molar-refractivity contribution >= 4 is 29.9 Å². The van der Waals surface area contributed by atoms with E-state index < -0.39 is 0 Å². The Labute approximate surface area is 194 Å². The van der Waals surface area contributed by atoms with Crippen LogP contribution in [0.3, 0.4) is 0 Å². The van der Waals surface area contributed by atoms with Crippen molar-refractivity contribution < 1.29 is 4.74 Å². The first-order valence-corrected chi connectivity index (χ1v) is 10.7. The number of likely N-dealkylation sites (N-methyl/N-ethyl adjacent to an activating group) is 1. The quantitative estimate of drug-likeness (QED) is 0.284. The summed E-state index contributed by atoms with van der Waals surface area (Å²) >= 11 is 0. The summed E-state index contributed by atoms with van der Waals surface area (Å²) in [5.74, 6) is 1.83. The molecule has 1 fully saturated rings. The second-order valence-corrected chi connectivity index (χ2v) is 7.75. The molecule has 0 aromatic heterocycles. The molecule has 0 atom stereocenters. The standard InChI is InChI=1S/C22H39N5O.HI/c1-5-12-27-13-10-20(11-14-27)25-22(23-6-2)24-18-19-8-7-9-21(17-19)28-16-15-26(3)4;/h7-9,17,20H,5-6,10-16,18H2,1-4H3,(H2,23,24,25);1H. The lowest BCUT2D eigenvalue weighted by Crippen LogP contribution is -2.48. The van der Waals surface area contributed by atoms with Crippen LogP contribution in [0.15, 0.2) is 29.3 Å². The van der Waals surface area contributed by atoms with E-state index >= 15 is 0 Å². The van der Waals surface area contributed by atoms with Crippen molar-refractivity contribution in [2.45, 2.75) is 45.7 Å². The molecule has 6 nitrogen and oxygen atoms in total. The minimum atomic E-state index is 0. The van der Waals surface area contributed by atoms with Crippen molar-refractivity contribution in [2.24, 2.45) is 4.99 Å². The number of nitrogens with one attached hydrogen (secondary N) is 2. The molecule has 1 aromatic rings. The third kappa shape index (κ3) is 10.5. The van der Waals surface area contributed by atoms with E-state index in [-0.39, 0.29) is 24.0 Å². The number of piperidine rings is 1. The van der Waals surface area contributed by atoms with Gasteiger partial charge in [0.2, 0.25) is 0 Å². The van der Waals surface area contributed by atoms with Crippen LogP contribution in [-0.2, 0) is 6.54 Å². The first kappa shape index (κ1) is 26.0. The first-order valence-electron chi connectivity index (χ1n) is 10.7. The zero-order valence-electron chi connectivity index (χ0n) is 18.6. The molecule has 0 bridgehead atoms. The summed E-state index contributed by atoms with van der Waals surface area (Å²) in [5.41, 5.74) is 1.16. The maximum atomic E-state index is 5.84. The summed E-state index contributed by atoms with van der Waals surface area (Å²) in [6, 6.07) is 8.75. The molecule has 1 aromatic carbocycles. The van der Waals surface area contributed by atoms with Gasteiger partial charge < -0.3 is 25.2 Å². The average molecular weight is 518 g/mol. The number of hydrogen-bond acceptors (Lipinski definition) is 4. The number of hydrogen-bond donors (Lipinski definition) is 2. The summed E-state index contributed by atoms with van der Waals surface area (Å²) in [5, 5.41) is 7.01. The van der Waals surface area contributed by atoms with Crippen molar-refractivity contribution in [3.8, 4) is 5.75 Å². The van der Waals surface area contributed by atoms with Gasteiger partial charge in [-0.3, -0.25) is 0 Å². The van der Waals surface area contributed by atoms with Crippen LogP contribution in [0.25, 0.3) is 0 Å². The van der Waals surface area contributed by atoms with Crippen LogP contribution < -0.4 is 15.4 Å². The molecule has 0 amide bonds. The number of ether oxygens (including phenoxy) is 1. The molecule has 1 saturated heterocycles. The molecule has 0 spiro atoms. The van der Waals surface area contributed by atoms with E-state index in [1.165, 1.54) is 38.9 Å². The van der Waals surface area contributed by atoms with Gasteiger partial charge in [-0.15, -0.1) is 24.0 Å². The van der Waals surface area contributed by atoms with E-state index in [0.29, 0.717) is 19.2 Å². The Bertz CT molecular complexity index is 588. The van der Waals surface area contributed by atoms with Crippen LogP contribution in [0.1, 0.15) is 38.7 Å². The highest BCUT2D eigenvalue weighted by atomic mass is 127. The summed E-state index contributed by atoms with van der Waals surface area (Å²) in [6.07, 6.45) is 3.60. The van der Waals surface area contributed by atoms with Crippen LogP contribution in [-0.4, -0.2) is 75.2 Å². The topological polar surface area (TPSA) is 52.1 Å². The van der Waals surface area contributed by atoms with Crippen LogP contribution in [0, 0.1) is 0 Å². The van der Waals surface area contributed by atoms with Crippen molar-refractivity contribution in [3.63, 3.8) is 0 Å². The zero-order chi connectivity index (χ0) is 20.2. The number of likely N-dealkylation sites (tertiary alicyclic amines) is 1. The van der Waals surface area contributed by atoms with Gasteiger partial charge >= 0.3 is 0 Å². The van der Waals surface area contributed by atoms with Crippen molar-refractivity contribution in [3.05, 3.63) is 29.8 Å². The fourth-order valence-corrected chi connectivity index (χ4v) is 3.38. The van der Waals surface area contributed by atoms with Gasteiger partial charge in [0, 0.05) is 32.2 Å². The highest BCUT2D eigenvalue weighted by Gasteiger charge is 2.19. The maximum absolute atomic E-state index is 5.84. The largest absolute Gasteiger partial charge is 0.492 e. The van der Waals surface area contributed by atoms with E-state index in [4.69, 9.17) is 9.73 Å². The Balaban J connectivity index is 0.00000420. The lowest BCUT2D eigenvalue weighted by molar-refractivity contribution is 0.206. The van der Waals surface area contributed by atoms with E-state index in [1.54, 1.807) is 0 Å². The van der Waals surface area contributed by atoms with Gasteiger partial charge in [-0.25, -0.2) is 4.99 Å². The predicted octanol–water partition coefficient (Wildman–Crippen LogP) is 3.17. The van der Waals surface area contributed by atoms with Gasteiger partial charge in [-0.05, 0) is 64.5 Å². The minimum Gasteiger partial charge on any atom is -0.492 e.